The van der Waals surface area contributed by atoms with Gasteiger partial charge in [-0.2, -0.15) is 0 Å². The van der Waals surface area contributed by atoms with E-state index < -0.39 is 0 Å². The van der Waals surface area contributed by atoms with Gasteiger partial charge in [-0.3, -0.25) is 10.0 Å². The molecule has 0 saturated heterocycles. The van der Waals surface area contributed by atoms with Crippen LogP contribution in [-0.4, -0.2) is 59.6 Å². The smallest absolute Gasteiger partial charge is 0.212 e. The summed E-state index contributed by atoms with van der Waals surface area (Å²) in [6, 6.07) is 0. The van der Waals surface area contributed by atoms with Crippen molar-refractivity contribution >= 4 is 11.7 Å². The standard InChI is InChI=1S/C7H16N8/c1-5-15-9-7(13(3)11-15)6-8-14(4)10-12(6)2/h10-11H,5H2,1-4H3. The summed E-state index contributed by atoms with van der Waals surface area (Å²) in [5.41, 5.74) is 6.08. The van der Waals surface area contributed by atoms with Crippen molar-refractivity contribution in [3.8, 4) is 0 Å². The molecule has 2 aliphatic rings. The Labute approximate surface area is 88.7 Å². The maximum atomic E-state index is 4.38. The molecular formula is C7H16N8. The molecule has 0 saturated carbocycles. The van der Waals surface area contributed by atoms with E-state index in [-0.39, 0.29) is 0 Å². The molecule has 0 unspecified atom stereocenters. The summed E-state index contributed by atoms with van der Waals surface area (Å²) in [5, 5.41) is 15.7. The van der Waals surface area contributed by atoms with Gasteiger partial charge in [0.25, 0.3) is 0 Å². The topological polar surface area (TPSA) is 61.7 Å². The molecule has 0 aliphatic carbocycles. The van der Waals surface area contributed by atoms with E-state index in [1.54, 1.807) is 10.2 Å². The Bertz CT molecular complexity index is 310. The number of rotatable bonds is 2. The molecule has 0 aromatic heterocycles. The third kappa shape index (κ3) is 1.68. The molecule has 84 valence electrons. The van der Waals surface area contributed by atoms with Gasteiger partial charge in [0.05, 0.1) is 6.54 Å². The first-order valence-electron chi connectivity index (χ1n) is 4.80. The molecular weight excluding hydrogens is 196 g/mol. The molecule has 8 nitrogen and oxygen atoms in total. The first-order chi connectivity index (χ1) is 7.11. The minimum atomic E-state index is 0.781. The lowest BCUT2D eigenvalue weighted by Crippen LogP contribution is -2.47. The van der Waals surface area contributed by atoms with E-state index in [9.17, 15) is 0 Å². The number of hydrazone groups is 2. The maximum absolute atomic E-state index is 4.38. The van der Waals surface area contributed by atoms with Crippen LogP contribution in [0.25, 0.3) is 0 Å². The van der Waals surface area contributed by atoms with Gasteiger partial charge >= 0.3 is 0 Å². The molecule has 2 aliphatic heterocycles. The number of nitrogens with zero attached hydrogens (tertiary/aromatic N) is 6. The predicted molar refractivity (Wildman–Crippen MR) is 56.8 cm³/mol. The molecule has 8 heteroatoms. The van der Waals surface area contributed by atoms with Crippen molar-refractivity contribution in [3.05, 3.63) is 0 Å². The van der Waals surface area contributed by atoms with Crippen LogP contribution in [0.4, 0.5) is 0 Å². The SMILES string of the molecule is CCN1N=C(C2=NN(C)NN2C)N(C)N1. The number of amidine groups is 2. The monoisotopic (exact) mass is 212 g/mol. The molecule has 0 aromatic rings. The number of likely N-dealkylation sites (N-methyl/N-ethyl adjacent to an activating group) is 2. The van der Waals surface area contributed by atoms with E-state index in [1.807, 2.05) is 38.1 Å². The van der Waals surface area contributed by atoms with Crippen molar-refractivity contribution in [2.75, 3.05) is 27.7 Å². The van der Waals surface area contributed by atoms with Crippen molar-refractivity contribution in [2.24, 2.45) is 10.2 Å². The van der Waals surface area contributed by atoms with Crippen LogP contribution in [0.2, 0.25) is 0 Å². The lowest BCUT2D eigenvalue weighted by Gasteiger charge is -2.18. The molecule has 2 heterocycles. The van der Waals surface area contributed by atoms with E-state index in [2.05, 4.69) is 21.3 Å². The Hall–Kier alpha value is -1.54. The normalized spacial score (nSPS) is 21.3. The molecule has 15 heavy (non-hydrogen) atoms. The third-order valence-corrected chi connectivity index (χ3v) is 2.16. The van der Waals surface area contributed by atoms with Gasteiger partial charge in [-0.15, -0.1) is 21.3 Å². The van der Waals surface area contributed by atoms with Crippen LogP contribution >= 0.6 is 0 Å². The second-order valence-corrected chi connectivity index (χ2v) is 3.40. The largest absolute Gasteiger partial charge is 0.271 e. The van der Waals surface area contributed by atoms with Crippen LogP contribution < -0.4 is 11.1 Å². The zero-order chi connectivity index (χ0) is 11.0. The van der Waals surface area contributed by atoms with Gasteiger partial charge in [0.1, 0.15) is 0 Å². The van der Waals surface area contributed by atoms with Gasteiger partial charge in [-0.25, -0.2) is 10.2 Å². The fraction of sp³-hybridized carbons (Fsp3) is 0.714. The molecule has 0 spiro atoms. The maximum Gasteiger partial charge on any atom is 0.212 e. The van der Waals surface area contributed by atoms with Crippen LogP contribution in [0.3, 0.4) is 0 Å². The first kappa shape index (κ1) is 9.99. The Kier molecular flexibility index (Phi) is 2.37. The van der Waals surface area contributed by atoms with Gasteiger partial charge in [0, 0.05) is 21.1 Å². The second-order valence-electron chi connectivity index (χ2n) is 3.40. The van der Waals surface area contributed by atoms with Crippen molar-refractivity contribution in [1.82, 2.24) is 31.3 Å². The van der Waals surface area contributed by atoms with Crippen LogP contribution in [0.5, 0.6) is 0 Å². The van der Waals surface area contributed by atoms with E-state index in [0.29, 0.717) is 0 Å². The fourth-order valence-corrected chi connectivity index (χ4v) is 1.45. The third-order valence-electron chi connectivity index (χ3n) is 2.16. The van der Waals surface area contributed by atoms with Gasteiger partial charge in [0.15, 0.2) is 0 Å². The van der Waals surface area contributed by atoms with Crippen LogP contribution in [0, 0.1) is 0 Å². The molecule has 2 N–H and O–H groups in total. The molecule has 0 bridgehead atoms. The average molecular weight is 212 g/mol. The number of nitrogens with one attached hydrogen (secondary N) is 2. The summed E-state index contributed by atoms with van der Waals surface area (Å²) in [6.07, 6.45) is 0. The van der Waals surface area contributed by atoms with Crippen molar-refractivity contribution < 1.29 is 0 Å². The number of hydrogen-bond acceptors (Lipinski definition) is 8. The highest BCUT2D eigenvalue weighted by molar-refractivity contribution is 6.40. The lowest BCUT2D eigenvalue weighted by molar-refractivity contribution is 0.138. The fourth-order valence-electron chi connectivity index (χ4n) is 1.45. The van der Waals surface area contributed by atoms with Crippen LogP contribution in [-0.2, 0) is 0 Å². The molecule has 0 amide bonds. The molecule has 0 aromatic carbocycles. The second kappa shape index (κ2) is 3.55. The van der Waals surface area contributed by atoms with Crippen molar-refractivity contribution in [3.63, 3.8) is 0 Å². The van der Waals surface area contributed by atoms with Gasteiger partial charge < -0.3 is 0 Å². The van der Waals surface area contributed by atoms with Gasteiger partial charge in [-0.05, 0) is 6.92 Å². The highest BCUT2D eigenvalue weighted by Crippen LogP contribution is 2.06. The highest BCUT2D eigenvalue weighted by Gasteiger charge is 2.29. The number of hydrazine groups is 4. The van der Waals surface area contributed by atoms with Crippen LogP contribution in [0.1, 0.15) is 6.92 Å². The average Bonchev–Trinajstić information content (AvgIpc) is 2.69. The predicted octanol–water partition coefficient (Wildman–Crippen LogP) is -1.40. The molecule has 0 fully saturated rings. The van der Waals surface area contributed by atoms with Gasteiger partial charge in [-0.1, -0.05) is 0 Å². The lowest BCUT2D eigenvalue weighted by atomic mass is 10.5. The molecule has 0 radical (unpaired) electrons. The summed E-state index contributed by atoms with van der Waals surface area (Å²) < 4.78 is 0. The Morgan fingerprint density at radius 2 is 1.60 bits per heavy atom. The molecule has 2 rings (SSSR count). The number of hydrogen-bond donors (Lipinski definition) is 2. The Morgan fingerprint density at radius 1 is 1.00 bits per heavy atom. The van der Waals surface area contributed by atoms with Crippen molar-refractivity contribution in [2.45, 2.75) is 6.92 Å². The summed E-state index contributed by atoms with van der Waals surface area (Å²) in [7, 11) is 5.64. The first-order valence-corrected chi connectivity index (χ1v) is 4.80. The van der Waals surface area contributed by atoms with E-state index in [4.69, 9.17) is 0 Å². The van der Waals surface area contributed by atoms with E-state index >= 15 is 0 Å². The molecule has 0 atom stereocenters. The Morgan fingerprint density at radius 3 is 2.07 bits per heavy atom. The summed E-state index contributed by atoms with van der Waals surface area (Å²) in [6.45, 7) is 2.83. The quantitative estimate of drug-likeness (QED) is 0.587. The zero-order valence-electron chi connectivity index (χ0n) is 9.39. The van der Waals surface area contributed by atoms with Gasteiger partial charge in [0.2, 0.25) is 11.7 Å². The highest BCUT2D eigenvalue weighted by atomic mass is 15.9. The summed E-state index contributed by atoms with van der Waals surface area (Å²) in [4.78, 5) is 0. The van der Waals surface area contributed by atoms with Crippen molar-refractivity contribution in [1.29, 1.82) is 0 Å². The summed E-state index contributed by atoms with van der Waals surface area (Å²) >= 11 is 0. The zero-order valence-corrected chi connectivity index (χ0v) is 9.39. The van der Waals surface area contributed by atoms with Crippen LogP contribution in [0.15, 0.2) is 10.2 Å². The van der Waals surface area contributed by atoms with E-state index in [0.717, 1.165) is 18.2 Å². The minimum absolute atomic E-state index is 0.781. The Balaban J connectivity index is 2.20. The minimum Gasteiger partial charge on any atom is -0.271 e. The summed E-state index contributed by atoms with van der Waals surface area (Å²) in [5.74, 6) is 1.57. The van der Waals surface area contributed by atoms with E-state index in [1.165, 1.54) is 0 Å².